The average molecular weight is 262 g/mol. The van der Waals surface area contributed by atoms with Crippen molar-refractivity contribution in [2.45, 2.75) is 6.16 Å². The first-order valence-electron chi connectivity index (χ1n) is 4.83. The van der Waals surface area contributed by atoms with Crippen LogP contribution in [0.4, 0.5) is 0 Å². The third-order valence-electron chi connectivity index (χ3n) is 1.50. The maximum Gasteiger partial charge on any atom is 0.0916 e. The number of hydrogen-bond acceptors (Lipinski definition) is 3. The fourth-order valence-corrected chi connectivity index (χ4v) is 2.44. The van der Waals surface area contributed by atoms with Gasteiger partial charge in [0.25, 0.3) is 0 Å². The Hall–Kier alpha value is -0.440. The highest BCUT2D eigenvalue weighted by Gasteiger charge is 2.16. The van der Waals surface area contributed by atoms with Crippen molar-refractivity contribution in [3.63, 3.8) is 0 Å². The van der Waals surface area contributed by atoms with Gasteiger partial charge in [-0.15, -0.1) is 0 Å². The summed E-state index contributed by atoms with van der Waals surface area (Å²) in [4.78, 5) is 0. The molecule has 0 saturated carbocycles. The first kappa shape index (κ1) is 15.6. The fraction of sp³-hybridized carbons (Fsp3) is 0.455. The molecule has 0 aromatic heterocycles. The minimum Gasteiger partial charge on any atom is -0.748 e. The molecule has 0 aliphatic rings. The zero-order chi connectivity index (χ0) is 12.8. The molecule has 0 atom stereocenters. The van der Waals surface area contributed by atoms with E-state index in [1.807, 2.05) is 0 Å². The Morgan fingerprint density at radius 2 is 1.50 bits per heavy atom. The molecule has 0 spiro atoms. The van der Waals surface area contributed by atoms with Gasteiger partial charge in [0.05, 0.1) is 16.3 Å². The van der Waals surface area contributed by atoms with Gasteiger partial charge in [-0.1, -0.05) is 30.3 Å². The summed E-state index contributed by atoms with van der Waals surface area (Å²) < 4.78 is 27.2. The first-order valence-corrected chi connectivity index (χ1v) is 9.96. The van der Waals surface area contributed by atoms with Gasteiger partial charge in [-0.05, 0) is 5.56 Å². The molecule has 0 saturated heterocycles. The third kappa shape index (κ3) is 13.6. The van der Waals surface area contributed by atoms with Crippen LogP contribution >= 0.6 is 7.26 Å². The van der Waals surface area contributed by atoms with Gasteiger partial charge in [0.2, 0.25) is 0 Å². The van der Waals surface area contributed by atoms with Crippen LogP contribution < -0.4 is 0 Å². The molecule has 0 bridgehead atoms. The van der Waals surface area contributed by atoms with Crippen molar-refractivity contribution in [2.24, 2.45) is 0 Å². The van der Waals surface area contributed by atoms with Gasteiger partial charge < -0.3 is 4.55 Å². The predicted octanol–water partition coefficient (Wildman–Crippen LogP) is 2.26. The second kappa shape index (κ2) is 6.33. The van der Waals surface area contributed by atoms with E-state index in [-0.39, 0.29) is 0 Å². The Bertz CT molecular complexity index is 385. The van der Waals surface area contributed by atoms with Crippen LogP contribution in [0.15, 0.2) is 30.3 Å². The van der Waals surface area contributed by atoms with Crippen LogP contribution in [0.25, 0.3) is 0 Å². The van der Waals surface area contributed by atoms with Crippen LogP contribution in [0.2, 0.25) is 0 Å². The fourth-order valence-electron chi connectivity index (χ4n) is 1.13. The van der Waals surface area contributed by atoms with E-state index in [0.717, 1.165) is 0 Å². The van der Waals surface area contributed by atoms with E-state index in [0.29, 0.717) is 6.26 Å². The number of rotatable bonds is 2. The standard InChI is InChI=1S/C10H16P.CH4O3S/c1-11(2,3)9-10-7-5-4-6-8-10;1-5(2,3)4/h4-8H,9H2,1-3H3;1H3,(H,2,3,4)/q+1;/p-1. The molecule has 0 N–H and O–H groups in total. The largest absolute Gasteiger partial charge is 0.748 e. The molecule has 1 rings (SSSR count). The lowest BCUT2D eigenvalue weighted by Crippen LogP contribution is -1.90. The highest BCUT2D eigenvalue weighted by Crippen LogP contribution is 2.49. The third-order valence-corrected chi connectivity index (χ3v) is 2.81. The Kier molecular flexibility index (Phi) is 6.16. The number of benzene rings is 1. The highest BCUT2D eigenvalue weighted by molar-refractivity contribution is 7.84. The van der Waals surface area contributed by atoms with Crippen LogP contribution in [-0.2, 0) is 16.3 Å². The topological polar surface area (TPSA) is 57.2 Å². The molecule has 1 aromatic carbocycles. The van der Waals surface area contributed by atoms with Gasteiger partial charge in [-0.3, -0.25) is 0 Å². The van der Waals surface area contributed by atoms with E-state index >= 15 is 0 Å². The lowest BCUT2D eigenvalue weighted by Gasteiger charge is -2.10. The van der Waals surface area contributed by atoms with Crippen LogP contribution in [0.1, 0.15) is 5.56 Å². The summed E-state index contributed by atoms with van der Waals surface area (Å²) in [5, 5.41) is 0. The van der Waals surface area contributed by atoms with Gasteiger partial charge in [0.15, 0.2) is 0 Å². The molecule has 0 amide bonds. The quantitative estimate of drug-likeness (QED) is 0.606. The van der Waals surface area contributed by atoms with Crippen molar-refractivity contribution in [1.29, 1.82) is 0 Å². The van der Waals surface area contributed by atoms with E-state index in [2.05, 4.69) is 50.3 Å². The lowest BCUT2D eigenvalue weighted by atomic mass is 10.2. The van der Waals surface area contributed by atoms with Crippen LogP contribution in [-0.4, -0.2) is 39.2 Å². The van der Waals surface area contributed by atoms with Crippen LogP contribution in [0.5, 0.6) is 0 Å². The summed E-state index contributed by atoms with van der Waals surface area (Å²) in [5.74, 6) is 0. The normalized spacial score (nSPS) is 11.6. The van der Waals surface area contributed by atoms with Crippen molar-refractivity contribution in [2.75, 3.05) is 26.3 Å². The smallest absolute Gasteiger partial charge is 0.0916 e. The van der Waals surface area contributed by atoms with Gasteiger partial charge in [-0.2, -0.15) is 0 Å². The molecule has 3 nitrogen and oxygen atoms in total. The molecule has 16 heavy (non-hydrogen) atoms. The SMILES string of the molecule is CS(=O)(=O)[O-].C[P+](C)(C)Cc1ccccc1. The van der Waals surface area contributed by atoms with Crippen molar-refractivity contribution in [3.8, 4) is 0 Å². The minimum absolute atomic E-state index is 0.604. The Morgan fingerprint density at radius 3 is 1.81 bits per heavy atom. The summed E-state index contributed by atoms with van der Waals surface area (Å²) >= 11 is 0. The second-order valence-electron chi connectivity index (χ2n) is 4.64. The van der Waals surface area contributed by atoms with E-state index in [4.69, 9.17) is 13.0 Å². The summed E-state index contributed by atoms with van der Waals surface area (Å²) in [7, 11) is -4.55. The Morgan fingerprint density at radius 1 is 1.12 bits per heavy atom. The maximum atomic E-state index is 9.08. The average Bonchev–Trinajstić information content (AvgIpc) is 1.99. The maximum absolute atomic E-state index is 9.08. The minimum atomic E-state index is -3.92. The molecular formula is C11H19O3PS. The molecule has 0 aliphatic carbocycles. The summed E-state index contributed by atoms with van der Waals surface area (Å²) in [6.45, 7) is 7.12. The molecule has 5 heteroatoms. The Labute approximate surface area is 99.0 Å². The van der Waals surface area contributed by atoms with E-state index in [1.54, 1.807) is 0 Å². The van der Waals surface area contributed by atoms with Crippen molar-refractivity contribution in [1.82, 2.24) is 0 Å². The molecule has 0 unspecified atom stereocenters. The zero-order valence-corrected chi connectivity index (χ0v) is 11.9. The summed E-state index contributed by atoms with van der Waals surface area (Å²) in [6, 6.07) is 10.7. The van der Waals surface area contributed by atoms with Crippen LogP contribution in [0.3, 0.4) is 0 Å². The monoisotopic (exact) mass is 262 g/mol. The van der Waals surface area contributed by atoms with Crippen molar-refractivity contribution < 1.29 is 13.0 Å². The van der Waals surface area contributed by atoms with E-state index < -0.39 is 17.4 Å². The molecule has 1 aromatic rings. The molecule has 0 fully saturated rings. The van der Waals surface area contributed by atoms with E-state index in [9.17, 15) is 0 Å². The van der Waals surface area contributed by atoms with Crippen molar-refractivity contribution in [3.05, 3.63) is 35.9 Å². The second-order valence-corrected chi connectivity index (χ2v) is 10.9. The zero-order valence-electron chi connectivity index (χ0n) is 10.2. The van der Waals surface area contributed by atoms with Gasteiger partial charge in [-0.25, -0.2) is 8.42 Å². The Balaban J connectivity index is 0.000000385. The summed E-state index contributed by atoms with van der Waals surface area (Å²) in [6.07, 6.45) is 1.88. The molecule has 0 heterocycles. The molecular weight excluding hydrogens is 243 g/mol. The van der Waals surface area contributed by atoms with Crippen LogP contribution in [0, 0.1) is 0 Å². The summed E-state index contributed by atoms with van der Waals surface area (Å²) in [5.41, 5.74) is 1.48. The molecule has 0 radical (unpaired) electrons. The van der Waals surface area contributed by atoms with Gasteiger partial charge in [0, 0.05) is 33.5 Å². The predicted molar refractivity (Wildman–Crippen MR) is 70.5 cm³/mol. The van der Waals surface area contributed by atoms with Gasteiger partial charge >= 0.3 is 0 Å². The van der Waals surface area contributed by atoms with E-state index in [1.165, 1.54) is 11.7 Å². The highest BCUT2D eigenvalue weighted by atomic mass is 32.2. The first-order chi connectivity index (χ1) is 7.08. The lowest BCUT2D eigenvalue weighted by molar-refractivity contribution is 0.470. The van der Waals surface area contributed by atoms with Crippen molar-refractivity contribution >= 4 is 17.4 Å². The molecule has 92 valence electrons. The van der Waals surface area contributed by atoms with Gasteiger partial charge in [0.1, 0.15) is 0 Å². The molecule has 0 aliphatic heterocycles. The number of hydrogen-bond donors (Lipinski definition) is 0.